The van der Waals surface area contributed by atoms with Gasteiger partial charge in [-0.1, -0.05) is 5.21 Å². The van der Waals surface area contributed by atoms with Crippen LogP contribution in [0.2, 0.25) is 0 Å². The monoisotopic (exact) mass is 242 g/mol. The first-order chi connectivity index (χ1) is 8.21. The third-order valence-electron chi connectivity index (χ3n) is 2.44. The predicted octanol–water partition coefficient (Wildman–Crippen LogP) is 0.345. The molecule has 0 saturated carbocycles. The molecule has 17 heavy (non-hydrogen) atoms. The molecule has 0 spiro atoms. The number of ether oxygens (including phenoxy) is 2. The third kappa shape index (κ3) is 4.41. The normalized spacial score (nSPS) is 13.2. The van der Waals surface area contributed by atoms with Gasteiger partial charge in [0.25, 0.3) is 0 Å². The first-order valence-corrected chi connectivity index (χ1v) is 5.96. The number of nitrogens with zero attached hydrogens (tertiary/aromatic N) is 3. The summed E-state index contributed by atoms with van der Waals surface area (Å²) in [6.45, 7) is 5.18. The zero-order valence-corrected chi connectivity index (χ0v) is 11.0. The minimum Gasteiger partial charge on any atom is -0.351 e. The van der Waals surface area contributed by atoms with E-state index in [2.05, 4.69) is 15.6 Å². The van der Waals surface area contributed by atoms with Crippen molar-refractivity contribution < 1.29 is 9.47 Å². The van der Waals surface area contributed by atoms with E-state index in [1.807, 2.05) is 34.1 Å². The summed E-state index contributed by atoms with van der Waals surface area (Å²) in [5.74, 6) is 0. The molecule has 6 nitrogen and oxygen atoms in total. The van der Waals surface area contributed by atoms with Crippen LogP contribution in [-0.4, -0.2) is 47.6 Å². The maximum atomic E-state index is 5.57. The molecule has 0 fully saturated rings. The first kappa shape index (κ1) is 14.1. The lowest BCUT2D eigenvalue weighted by Gasteiger charge is -2.25. The number of likely N-dealkylation sites (N-methyl/N-ethyl adjacent to an activating group) is 1. The summed E-state index contributed by atoms with van der Waals surface area (Å²) in [5, 5.41) is 11.2. The first-order valence-electron chi connectivity index (χ1n) is 5.96. The molecule has 98 valence electrons. The van der Waals surface area contributed by atoms with Gasteiger partial charge in [0.1, 0.15) is 0 Å². The molecule has 1 N–H and O–H groups in total. The maximum Gasteiger partial charge on any atom is 0.173 e. The Morgan fingerprint density at radius 1 is 1.35 bits per heavy atom. The van der Waals surface area contributed by atoms with Gasteiger partial charge in [-0.05, 0) is 20.9 Å². The van der Waals surface area contributed by atoms with Crippen molar-refractivity contribution >= 4 is 0 Å². The number of aromatic nitrogens is 3. The Labute approximate surface area is 102 Å². The highest BCUT2D eigenvalue weighted by Gasteiger charge is 2.22. The Morgan fingerprint density at radius 3 is 2.41 bits per heavy atom. The van der Waals surface area contributed by atoms with Gasteiger partial charge in [-0.2, -0.15) is 0 Å². The van der Waals surface area contributed by atoms with Crippen LogP contribution in [0.1, 0.15) is 19.5 Å². The van der Waals surface area contributed by atoms with Gasteiger partial charge in [0, 0.05) is 32.9 Å². The van der Waals surface area contributed by atoms with Gasteiger partial charge in [0.15, 0.2) is 6.29 Å². The van der Waals surface area contributed by atoms with Crippen molar-refractivity contribution in [3.05, 3.63) is 11.9 Å². The van der Waals surface area contributed by atoms with Crippen LogP contribution in [0.5, 0.6) is 0 Å². The molecule has 1 aromatic heterocycles. The van der Waals surface area contributed by atoms with Crippen molar-refractivity contribution in [2.75, 3.05) is 20.3 Å². The van der Waals surface area contributed by atoms with Gasteiger partial charge in [-0.3, -0.25) is 4.68 Å². The second-order valence-corrected chi connectivity index (χ2v) is 3.76. The fourth-order valence-corrected chi connectivity index (χ4v) is 1.66. The maximum absolute atomic E-state index is 5.57. The summed E-state index contributed by atoms with van der Waals surface area (Å²) in [7, 11) is 3.75. The Morgan fingerprint density at radius 2 is 2.00 bits per heavy atom. The van der Waals surface area contributed by atoms with Crippen LogP contribution in [-0.2, 0) is 22.9 Å². The molecule has 6 heteroatoms. The number of hydrogen-bond acceptors (Lipinski definition) is 5. The van der Waals surface area contributed by atoms with Crippen molar-refractivity contribution in [3.8, 4) is 0 Å². The molecular formula is C11H22N4O2. The van der Waals surface area contributed by atoms with E-state index in [0.717, 1.165) is 12.1 Å². The van der Waals surface area contributed by atoms with Gasteiger partial charge >= 0.3 is 0 Å². The summed E-state index contributed by atoms with van der Waals surface area (Å²) in [6, 6.07) is 0.0756. The zero-order valence-electron chi connectivity index (χ0n) is 11.0. The van der Waals surface area contributed by atoms with E-state index in [0.29, 0.717) is 13.2 Å². The molecule has 1 atom stereocenters. The van der Waals surface area contributed by atoms with Crippen LogP contribution >= 0.6 is 0 Å². The van der Waals surface area contributed by atoms with E-state index in [9.17, 15) is 0 Å². The topological polar surface area (TPSA) is 61.2 Å². The summed E-state index contributed by atoms with van der Waals surface area (Å²) < 4.78 is 12.8. The van der Waals surface area contributed by atoms with Crippen molar-refractivity contribution in [3.63, 3.8) is 0 Å². The molecule has 0 amide bonds. The van der Waals surface area contributed by atoms with Gasteiger partial charge in [-0.25, -0.2) is 0 Å². The molecular weight excluding hydrogens is 220 g/mol. The number of hydrogen-bond donors (Lipinski definition) is 1. The average molecular weight is 242 g/mol. The number of aryl methyl sites for hydroxylation is 1. The Balaban J connectivity index is 2.61. The summed E-state index contributed by atoms with van der Waals surface area (Å²) in [4.78, 5) is 0. The van der Waals surface area contributed by atoms with Gasteiger partial charge < -0.3 is 14.8 Å². The average Bonchev–Trinajstić information content (AvgIpc) is 2.72. The predicted molar refractivity (Wildman–Crippen MR) is 64.6 cm³/mol. The lowest BCUT2D eigenvalue weighted by Crippen LogP contribution is -2.43. The molecule has 1 rings (SSSR count). The lowest BCUT2D eigenvalue weighted by molar-refractivity contribution is -0.152. The highest BCUT2D eigenvalue weighted by atomic mass is 16.7. The van der Waals surface area contributed by atoms with Gasteiger partial charge in [0.05, 0.1) is 11.7 Å². The molecule has 1 heterocycles. The van der Waals surface area contributed by atoms with E-state index in [1.54, 1.807) is 4.68 Å². The fraction of sp³-hybridized carbons (Fsp3) is 0.818. The zero-order chi connectivity index (χ0) is 12.7. The Bertz CT molecular complexity index is 310. The van der Waals surface area contributed by atoms with E-state index in [-0.39, 0.29) is 12.3 Å². The smallest absolute Gasteiger partial charge is 0.173 e. The van der Waals surface area contributed by atoms with Crippen molar-refractivity contribution in [2.24, 2.45) is 7.05 Å². The summed E-state index contributed by atoms with van der Waals surface area (Å²) in [5.41, 5.74) is 0.927. The Kier molecular flexibility index (Phi) is 6.10. The van der Waals surface area contributed by atoms with Crippen LogP contribution in [0, 0.1) is 0 Å². The minimum absolute atomic E-state index is 0.0756. The standard InChI is InChI=1S/C11H22N4O2/c1-5-16-11(17-6-2)10(12-3)7-9-8-15(4)14-13-9/h8,10-12H,5-7H2,1-4H3. The molecule has 0 aliphatic rings. The molecule has 1 unspecified atom stereocenters. The fourth-order valence-electron chi connectivity index (χ4n) is 1.66. The molecule has 0 bridgehead atoms. The van der Waals surface area contributed by atoms with Crippen LogP contribution in [0.4, 0.5) is 0 Å². The second-order valence-electron chi connectivity index (χ2n) is 3.76. The SMILES string of the molecule is CCOC(OCC)C(Cc1cn(C)nn1)NC. The minimum atomic E-state index is -0.253. The van der Waals surface area contributed by atoms with Crippen LogP contribution in [0.25, 0.3) is 0 Å². The van der Waals surface area contributed by atoms with Crippen LogP contribution in [0.3, 0.4) is 0 Å². The number of rotatable bonds is 8. The van der Waals surface area contributed by atoms with Gasteiger partial charge in [0.2, 0.25) is 0 Å². The van der Waals surface area contributed by atoms with E-state index in [1.165, 1.54) is 0 Å². The summed E-state index contributed by atoms with van der Waals surface area (Å²) in [6.07, 6.45) is 2.38. The van der Waals surface area contributed by atoms with Gasteiger partial charge in [-0.15, -0.1) is 5.10 Å². The molecule has 1 aromatic rings. The lowest BCUT2D eigenvalue weighted by atomic mass is 10.1. The van der Waals surface area contributed by atoms with E-state index >= 15 is 0 Å². The second kappa shape index (κ2) is 7.37. The van der Waals surface area contributed by atoms with Crippen LogP contribution in [0.15, 0.2) is 6.20 Å². The van der Waals surface area contributed by atoms with Crippen molar-refractivity contribution in [1.29, 1.82) is 0 Å². The van der Waals surface area contributed by atoms with Crippen LogP contribution < -0.4 is 5.32 Å². The van der Waals surface area contributed by atoms with Crippen molar-refractivity contribution in [1.82, 2.24) is 20.3 Å². The molecule has 0 saturated heterocycles. The molecule has 0 aliphatic carbocycles. The van der Waals surface area contributed by atoms with Crippen molar-refractivity contribution in [2.45, 2.75) is 32.6 Å². The summed E-state index contributed by atoms with van der Waals surface area (Å²) >= 11 is 0. The molecule has 0 aliphatic heterocycles. The van der Waals surface area contributed by atoms with E-state index in [4.69, 9.17) is 9.47 Å². The Hall–Kier alpha value is -0.980. The molecule has 0 radical (unpaired) electrons. The third-order valence-corrected chi connectivity index (χ3v) is 2.44. The quantitative estimate of drug-likeness (QED) is 0.666. The van der Waals surface area contributed by atoms with E-state index < -0.39 is 0 Å². The largest absolute Gasteiger partial charge is 0.351 e. The molecule has 0 aromatic carbocycles. The highest BCUT2D eigenvalue weighted by Crippen LogP contribution is 2.07. The highest BCUT2D eigenvalue weighted by molar-refractivity contribution is 4.96. The number of nitrogens with one attached hydrogen (secondary N) is 1.